The lowest BCUT2D eigenvalue weighted by atomic mass is 10.2. The van der Waals surface area contributed by atoms with Crippen LogP contribution in [0, 0.1) is 0 Å². The molecule has 0 N–H and O–H groups in total. The molecule has 92 valence electrons. The third-order valence-electron chi connectivity index (χ3n) is 2.56. The smallest absolute Gasteiger partial charge is 0.363 e. The maximum atomic E-state index is 11.7. The van der Waals surface area contributed by atoms with Gasteiger partial charge in [0.1, 0.15) is 0 Å². The summed E-state index contributed by atoms with van der Waals surface area (Å²) in [4.78, 5) is 23.7. The molecular weight excluding hydrogens is 242 g/mol. The second-order valence-corrected chi connectivity index (χ2v) is 3.85. The molecule has 2 aromatic rings. The third-order valence-corrected chi connectivity index (χ3v) is 2.56. The molecule has 0 amide bonds. The van der Waals surface area contributed by atoms with Crippen LogP contribution >= 0.6 is 0 Å². The first-order valence-corrected chi connectivity index (χ1v) is 5.66. The number of cyclic esters (lactones) is 1. The van der Waals surface area contributed by atoms with E-state index in [4.69, 9.17) is 4.74 Å². The molecule has 0 bridgehead atoms. The van der Waals surface area contributed by atoms with Crippen LogP contribution in [0.3, 0.4) is 0 Å². The van der Waals surface area contributed by atoms with Crippen molar-refractivity contribution in [2.24, 2.45) is 4.99 Å². The molecule has 0 aliphatic carbocycles. The van der Waals surface area contributed by atoms with Crippen molar-refractivity contribution in [1.29, 1.82) is 0 Å². The number of aromatic nitrogens is 2. The quantitative estimate of drug-likeness (QED) is 0.603. The van der Waals surface area contributed by atoms with Crippen molar-refractivity contribution < 1.29 is 9.53 Å². The molecule has 5 nitrogen and oxygen atoms in total. The molecule has 0 atom stereocenters. The number of hydrogen-bond acceptors (Lipinski definition) is 5. The van der Waals surface area contributed by atoms with Crippen LogP contribution in [0.4, 0.5) is 0 Å². The summed E-state index contributed by atoms with van der Waals surface area (Å²) in [5.74, 6) is -0.156. The second-order valence-electron chi connectivity index (χ2n) is 3.85. The number of ether oxygens (including phenoxy) is 1. The molecule has 0 saturated carbocycles. The Bertz CT molecular complexity index is 664. The number of carbonyl (C=O) groups excluding carboxylic acids is 1. The molecule has 19 heavy (non-hydrogen) atoms. The maximum absolute atomic E-state index is 11.7. The average molecular weight is 251 g/mol. The lowest BCUT2D eigenvalue weighted by Gasteiger charge is -1.96. The van der Waals surface area contributed by atoms with Gasteiger partial charge in [0.15, 0.2) is 5.70 Å². The van der Waals surface area contributed by atoms with Crippen LogP contribution in [0.2, 0.25) is 0 Å². The standard InChI is InChI=1S/C14H9N3O2/c18-14-12(9-10-1-5-15-6-2-10)17-13(19-14)11-3-7-16-8-4-11/h1-9H/b12-9+. The fraction of sp³-hybridized carbons (Fsp3) is 0. The number of pyridine rings is 2. The monoisotopic (exact) mass is 251 g/mol. The van der Waals surface area contributed by atoms with Crippen LogP contribution in [0.1, 0.15) is 11.1 Å². The number of aliphatic imine (C=N–C) groups is 1. The topological polar surface area (TPSA) is 64.4 Å². The SMILES string of the molecule is O=C1OC(c2ccncc2)=N/C1=C/c1ccncc1. The van der Waals surface area contributed by atoms with Crippen LogP contribution < -0.4 is 0 Å². The van der Waals surface area contributed by atoms with Gasteiger partial charge in [0.25, 0.3) is 0 Å². The summed E-state index contributed by atoms with van der Waals surface area (Å²) in [5.41, 5.74) is 1.85. The van der Waals surface area contributed by atoms with Crippen molar-refractivity contribution in [1.82, 2.24) is 9.97 Å². The van der Waals surface area contributed by atoms with Gasteiger partial charge in [-0.25, -0.2) is 9.79 Å². The predicted molar refractivity (Wildman–Crippen MR) is 69.1 cm³/mol. The first kappa shape index (κ1) is 11.3. The van der Waals surface area contributed by atoms with Gasteiger partial charge in [-0.05, 0) is 35.9 Å². The molecule has 2 aromatic heterocycles. The highest BCUT2D eigenvalue weighted by Gasteiger charge is 2.23. The summed E-state index contributed by atoms with van der Waals surface area (Å²) in [5, 5.41) is 0. The van der Waals surface area contributed by atoms with Crippen molar-refractivity contribution >= 4 is 17.9 Å². The zero-order valence-electron chi connectivity index (χ0n) is 9.85. The Labute approximate surface area is 109 Å². The first-order chi connectivity index (χ1) is 9.33. The van der Waals surface area contributed by atoms with Crippen molar-refractivity contribution in [3.05, 3.63) is 65.9 Å². The molecular formula is C14H9N3O2. The van der Waals surface area contributed by atoms with E-state index in [9.17, 15) is 4.79 Å². The summed E-state index contributed by atoms with van der Waals surface area (Å²) < 4.78 is 5.13. The molecule has 1 aliphatic heterocycles. The number of carbonyl (C=O) groups is 1. The largest absolute Gasteiger partial charge is 0.402 e. The van der Waals surface area contributed by atoms with Gasteiger partial charge >= 0.3 is 5.97 Å². The molecule has 0 unspecified atom stereocenters. The van der Waals surface area contributed by atoms with E-state index >= 15 is 0 Å². The molecule has 0 spiro atoms. The van der Waals surface area contributed by atoms with Gasteiger partial charge < -0.3 is 4.74 Å². The van der Waals surface area contributed by atoms with E-state index in [-0.39, 0.29) is 5.70 Å². The van der Waals surface area contributed by atoms with E-state index in [1.165, 1.54) is 0 Å². The molecule has 5 heteroatoms. The van der Waals surface area contributed by atoms with Crippen LogP contribution in [-0.4, -0.2) is 21.8 Å². The fourth-order valence-corrected chi connectivity index (χ4v) is 1.64. The van der Waals surface area contributed by atoms with Gasteiger partial charge in [0.2, 0.25) is 5.90 Å². The summed E-state index contributed by atoms with van der Waals surface area (Å²) >= 11 is 0. The highest BCUT2D eigenvalue weighted by molar-refractivity contribution is 6.12. The lowest BCUT2D eigenvalue weighted by molar-refractivity contribution is -0.129. The van der Waals surface area contributed by atoms with E-state index < -0.39 is 5.97 Å². The summed E-state index contributed by atoms with van der Waals surface area (Å²) in [6.07, 6.45) is 8.21. The highest BCUT2D eigenvalue weighted by Crippen LogP contribution is 2.18. The minimum atomic E-state index is -0.455. The summed E-state index contributed by atoms with van der Waals surface area (Å²) in [6.45, 7) is 0. The third kappa shape index (κ3) is 2.40. The number of esters is 1. The van der Waals surface area contributed by atoms with Crippen LogP contribution in [-0.2, 0) is 9.53 Å². The average Bonchev–Trinajstić information content (AvgIpc) is 2.82. The normalized spacial score (nSPS) is 16.3. The second kappa shape index (κ2) is 4.81. The van der Waals surface area contributed by atoms with E-state index in [1.807, 2.05) is 0 Å². The number of hydrogen-bond donors (Lipinski definition) is 0. The lowest BCUT2D eigenvalue weighted by Crippen LogP contribution is -2.05. The van der Waals surface area contributed by atoms with Gasteiger partial charge in [-0.1, -0.05) is 0 Å². The van der Waals surface area contributed by atoms with Gasteiger partial charge in [0, 0.05) is 30.4 Å². The molecule has 0 radical (unpaired) electrons. The van der Waals surface area contributed by atoms with E-state index in [2.05, 4.69) is 15.0 Å². The Hall–Kier alpha value is -2.82. The Balaban J connectivity index is 1.94. The van der Waals surface area contributed by atoms with Crippen LogP contribution in [0.15, 0.2) is 59.7 Å². The van der Waals surface area contributed by atoms with Gasteiger partial charge in [-0.3, -0.25) is 9.97 Å². The zero-order chi connectivity index (χ0) is 13.1. The Morgan fingerprint density at radius 3 is 2.26 bits per heavy atom. The van der Waals surface area contributed by atoms with E-state index in [0.717, 1.165) is 11.1 Å². The van der Waals surface area contributed by atoms with Crippen molar-refractivity contribution in [2.45, 2.75) is 0 Å². The van der Waals surface area contributed by atoms with Crippen LogP contribution in [0.25, 0.3) is 6.08 Å². The van der Waals surface area contributed by atoms with Crippen molar-refractivity contribution in [3.8, 4) is 0 Å². The maximum Gasteiger partial charge on any atom is 0.363 e. The minimum Gasteiger partial charge on any atom is -0.402 e. The molecule has 3 rings (SSSR count). The summed E-state index contributed by atoms with van der Waals surface area (Å²) in [7, 11) is 0. The number of nitrogens with zero attached hydrogens (tertiary/aromatic N) is 3. The molecule has 1 aliphatic rings. The predicted octanol–water partition coefficient (Wildman–Crippen LogP) is 1.82. The Kier molecular flexibility index (Phi) is 2.86. The van der Waals surface area contributed by atoms with Crippen molar-refractivity contribution in [3.63, 3.8) is 0 Å². The van der Waals surface area contributed by atoms with Gasteiger partial charge in [0.05, 0.1) is 0 Å². The highest BCUT2D eigenvalue weighted by atomic mass is 16.6. The molecule has 3 heterocycles. The van der Waals surface area contributed by atoms with Gasteiger partial charge in [-0.2, -0.15) is 0 Å². The Morgan fingerprint density at radius 1 is 0.947 bits per heavy atom. The minimum absolute atomic E-state index is 0.276. The Morgan fingerprint density at radius 2 is 1.58 bits per heavy atom. The number of rotatable bonds is 2. The van der Waals surface area contributed by atoms with E-state index in [0.29, 0.717) is 5.90 Å². The van der Waals surface area contributed by atoms with Crippen LogP contribution in [0.5, 0.6) is 0 Å². The molecule has 0 aromatic carbocycles. The zero-order valence-corrected chi connectivity index (χ0v) is 9.85. The van der Waals surface area contributed by atoms with Crippen molar-refractivity contribution in [2.75, 3.05) is 0 Å². The fourth-order valence-electron chi connectivity index (χ4n) is 1.64. The van der Waals surface area contributed by atoms with Gasteiger partial charge in [-0.15, -0.1) is 0 Å². The van der Waals surface area contributed by atoms with E-state index in [1.54, 1.807) is 55.1 Å². The molecule has 0 saturated heterocycles. The molecule has 0 fully saturated rings. The summed E-state index contributed by atoms with van der Waals surface area (Å²) in [6, 6.07) is 7.06. The first-order valence-electron chi connectivity index (χ1n) is 5.66.